The number of carbonyl (C=O) groups is 3. The van der Waals surface area contributed by atoms with Crippen LogP contribution in [0.5, 0.6) is 0 Å². The maximum absolute atomic E-state index is 13.0. The quantitative estimate of drug-likeness (QED) is 0.616. The molecule has 0 spiro atoms. The van der Waals surface area contributed by atoms with Crippen LogP contribution in [-0.2, 0) is 24.4 Å². The van der Waals surface area contributed by atoms with Gasteiger partial charge in [-0.2, -0.15) is 4.31 Å². The molecule has 1 saturated heterocycles. The second-order valence-corrected chi connectivity index (χ2v) is 10.5. The lowest BCUT2D eigenvalue weighted by Crippen LogP contribution is -2.50. The SMILES string of the molecule is O=C(CCC1CCCC1)N1CCN(S(=O)(=O)c2ccc3ccccc3c2)CC1.O=C(O)C(=O)O. The van der Waals surface area contributed by atoms with E-state index >= 15 is 0 Å². The number of rotatable bonds is 5. The van der Waals surface area contributed by atoms with E-state index in [1.54, 1.807) is 12.1 Å². The van der Waals surface area contributed by atoms with Gasteiger partial charge in [-0.25, -0.2) is 18.0 Å². The van der Waals surface area contributed by atoms with Gasteiger partial charge in [-0.05, 0) is 35.2 Å². The Balaban J connectivity index is 0.000000481. The van der Waals surface area contributed by atoms with E-state index in [2.05, 4.69) is 0 Å². The van der Waals surface area contributed by atoms with E-state index in [9.17, 15) is 13.2 Å². The monoisotopic (exact) mass is 490 g/mol. The van der Waals surface area contributed by atoms with Crippen molar-refractivity contribution in [2.75, 3.05) is 26.2 Å². The summed E-state index contributed by atoms with van der Waals surface area (Å²) in [7, 11) is -3.53. The van der Waals surface area contributed by atoms with Gasteiger partial charge in [-0.3, -0.25) is 4.79 Å². The number of hydrogen-bond donors (Lipinski definition) is 2. The fourth-order valence-corrected chi connectivity index (χ4v) is 5.90. The molecule has 9 nitrogen and oxygen atoms in total. The molecule has 0 unspecified atom stereocenters. The molecule has 2 aliphatic rings. The van der Waals surface area contributed by atoms with Crippen molar-refractivity contribution in [2.45, 2.75) is 43.4 Å². The molecule has 184 valence electrons. The zero-order valence-corrected chi connectivity index (χ0v) is 19.7. The van der Waals surface area contributed by atoms with E-state index in [1.165, 1.54) is 30.0 Å². The van der Waals surface area contributed by atoms with Crippen molar-refractivity contribution < 1.29 is 33.0 Å². The van der Waals surface area contributed by atoms with Gasteiger partial charge in [0.05, 0.1) is 4.90 Å². The topological polar surface area (TPSA) is 132 Å². The standard InChI is InChI=1S/C22H28N2O3S.C2H2O4/c25-22(12-9-18-5-1-2-6-18)23-13-15-24(16-14-23)28(26,27)21-11-10-19-7-3-4-8-20(19)17-21;3-1(4)2(5)6/h3-4,7-8,10-11,17-18H,1-2,5-6,9,12-16H2;(H,3,4)(H,5,6). The lowest BCUT2D eigenvalue weighted by Gasteiger charge is -2.34. The number of aliphatic carboxylic acids is 2. The van der Waals surface area contributed by atoms with Gasteiger partial charge in [0.15, 0.2) is 0 Å². The van der Waals surface area contributed by atoms with E-state index in [4.69, 9.17) is 19.8 Å². The van der Waals surface area contributed by atoms with E-state index in [0.717, 1.165) is 17.2 Å². The van der Waals surface area contributed by atoms with Crippen molar-refractivity contribution in [1.29, 1.82) is 0 Å². The normalized spacial score (nSPS) is 17.2. The number of piperazine rings is 1. The van der Waals surface area contributed by atoms with Crippen LogP contribution in [0.4, 0.5) is 0 Å². The van der Waals surface area contributed by atoms with Crippen molar-refractivity contribution in [3.63, 3.8) is 0 Å². The van der Waals surface area contributed by atoms with Crippen LogP contribution in [0, 0.1) is 5.92 Å². The molecule has 1 heterocycles. The van der Waals surface area contributed by atoms with Crippen LogP contribution in [0.3, 0.4) is 0 Å². The fraction of sp³-hybridized carbons (Fsp3) is 0.458. The summed E-state index contributed by atoms with van der Waals surface area (Å²) >= 11 is 0. The number of carbonyl (C=O) groups excluding carboxylic acids is 1. The smallest absolute Gasteiger partial charge is 0.414 e. The Bertz CT molecular complexity index is 1120. The highest BCUT2D eigenvalue weighted by Gasteiger charge is 2.30. The number of sulfonamides is 1. The van der Waals surface area contributed by atoms with Crippen molar-refractivity contribution in [1.82, 2.24) is 9.21 Å². The summed E-state index contributed by atoms with van der Waals surface area (Å²) in [6.07, 6.45) is 6.68. The zero-order valence-electron chi connectivity index (χ0n) is 18.9. The van der Waals surface area contributed by atoms with Crippen molar-refractivity contribution in [2.24, 2.45) is 5.92 Å². The van der Waals surface area contributed by atoms with Gasteiger partial charge >= 0.3 is 11.9 Å². The molecular formula is C24H30N2O7S. The average molecular weight is 491 g/mol. The minimum absolute atomic E-state index is 0.176. The second-order valence-electron chi connectivity index (χ2n) is 8.59. The Hall–Kier alpha value is -2.98. The van der Waals surface area contributed by atoms with Crippen LogP contribution >= 0.6 is 0 Å². The first-order valence-electron chi connectivity index (χ1n) is 11.4. The third kappa shape index (κ3) is 6.54. The van der Waals surface area contributed by atoms with Crippen molar-refractivity contribution in [3.8, 4) is 0 Å². The average Bonchev–Trinajstić information content (AvgIpc) is 3.36. The predicted molar refractivity (Wildman–Crippen MR) is 126 cm³/mol. The van der Waals surface area contributed by atoms with Crippen LogP contribution in [-0.4, -0.2) is 71.9 Å². The number of fused-ring (bicyclic) bond motifs is 1. The molecule has 2 fully saturated rings. The zero-order chi connectivity index (χ0) is 24.7. The predicted octanol–water partition coefficient (Wildman–Crippen LogP) is 2.80. The summed E-state index contributed by atoms with van der Waals surface area (Å²) < 4.78 is 27.6. The molecule has 2 aromatic carbocycles. The number of benzene rings is 2. The van der Waals surface area contributed by atoms with Crippen LogP contribution in [0.1, 0.15) is 38.5 Å². The van der Waals surface area contributed by atoms with Gasteiger partial charge in [0.25, 0.3) is 0 Å². The van der Waals surface area contributed by atoms with Gasteiger partial charge in [-0.1, -0.05) is 56.0 Å². The lowest BCUT2D eigenvalue weighted by molar-refractivity contribution is -0.159. The maximum atomic E-state index is 13.0. The van der Waals surface area contributed by atoms with E-state index in [-0.39, 0.29) is 5.91 Å². The molecule has 0 aromatic heterocycles. The van der Waals surface area contributed by atoms with Crippen LogP contribution < -0.4 is 0 Å². The van der Waals surface area contributed by atoms with Crippen LogP contribution in [0.25, 0.3) is 10.8 Å². The van der Waals surface area contributed by atoms with Gasteiger partial charge in [-0.15, -0.1) is 0 Å². The Kier molecular flexibility index (Phi) is 8.62. The summed E-state index contributed by atoms with van der Waals surface area (Å²) in [4.78, 5) is 32.8. The highest BCUT2D eigenvalue weighted by atomic mass is 32.2. The number of carboxylic acids is 2. The highest BCUT2D eigenvalue weighted by molar-refractivity contribution is 7.89. The lowest BCUT2D eigenvalue weighted by atomic mass is 10.0. The first-order valence-corrected chi connectivity index (χ1v) is 12.9. The summed E-state index contributed by atoms with van der Waals surface area (Å²) in [6, 6.07) is 13.0. The Labute approximate surface area is 199 Å². The van der Waals surface area contributed by atoms with Crippen LogP contribution in [0.15, 0.2) is 47.4 Å². The van der Waals surface area contributed by atoms with E-state index in [0.29, 0.717) is 43.4 Å². The Morgan fingerprint density at radius 1 is 0.853 bits per heavy atom. The molecule has 1 saturated carbocycles. The van der Waals surface area contributed by atoms with Gasteiger partial charge in [0.2, 0.25) is 15.9 Å². The van der Waals surface area contributed by atoms with Crippen LogP contribution in [0.2, 0.25) is 0 Å². The third-order valence-corrected chi connectivity index (χ3v) is 8.27. The molecule has 0 radical (unpaired) electrons. The molecular weight excluding hydrogens is 460 g/mol. The first-order chi connectivity index (χ1) is 16.2. The number of hydrogen-bond acceptors (Lipinski definition) is 5. The number of carboxylic acid groups (broad SMARTS) is 2. The summed E-state index contributed by atoms with van der Waals surface area (Å²) in [5.41, 5.74) is 0. The molecule has 0 atom stereocenters. The van der Waals surface area contributed by atoms with Crippen molar-refractivity contribution in [3.05, 3.63) is 42.5 Å². The van der Waals surface area contributed by atoms with Gasteiger partial charge in [0.1, 0.15) is 0 Å². The molecule has 0 bridgehead atoms. The Morgan fingerprint density at radius 3 is 2.03 bits per heavy atom. The van der Waals surface area contributed by atoms with E-state index in [1.807, 2.05) is 35.2 Å². The maximum Gasteiger partial charge on any atom is 0.414 e. The van der Waals surface area contributed by atoms with Gasteiger partial charge < -0.3 is 15.1 Å². The second kappa shape index (κ2) is 11.4. The molecule has 10 heteroatoms. The molecule has 4 rings (SSSR count). The summed E-state index contributed by atoms with van der Waals surface area (Å²) in [5.74, 6) is -2.77. The minimum atomic E-state index is -3.53. The summed E-state index contributed by atoms with van der Waals surface area (Å²) in [5, 5.41) is 16.7. The highest BCUT2D eigenvalue weighted by Crippen LogP contribution is 2.29. The molecule has 2 N–H and O–H groups in total. The van der Waals surface area contributed by atoms with Gasteiger partial charge in [0, 0.05) is 32.6 Å². The molecule has 34 heavy (non-hydrogen) atoms. The molecule has 1 aliphatic heterocycles. The number of nitrogens with zero attached hydrogens (tertiary/aromatic N) is 2. The third-order valence-electron chi connectivity index (χ3n) is 6.37. The van der Waals surface area contributed by atoms with Crippen molar-refractivity contribution >= 4 is 38.6 Å². The number of amides is 1. The molecule has 1 amide bonds. The molecule has 2 aromatic rings. The first kappa shape index (κ1) is 25.6. The van der Waals surface area contributed by atoms with E-state index < -0.39 is 22.0 Å². The Morgan fingerprint density at radius 2 is 1.44 bits per heavy atom. The minimum Gasteiger partial charge on any atom is -0.473 e. The largest absolute Gasteiger partial charge is 0.473 e. The summed E-state index contributed by atoms with van der Waals surface area (Å²) in [6.45, 7) is 1.70. The molecule has 1 aliphatic carbocycles. The fourth-order valence-electron chi connectivity index (χ4n) is 4.44.